The van der Waals surface area contributed by atoms with Crippen LogP contribution < -0.4 is 0 Å². The van der Waals surface area contributed by atoms with Crippen molar-refractivity contribution in [3.05, 3.63) is 0 Å². The van der Waals surface area contributed by atoms with Gasteiger partial charge in [-0.15, -0.1) is 0 Å². The average molecular weight is 199 g/mol. The first-order chi connectivity index (χ1) is 6.74. The predicted octanol–water partition coefficient (Wildman–Crippen LogP) is 1.41. The SMILES string of the molecule is CCC(CC)C(=O)N1CCC[C@@H]1CO. The molecule has 1 atom stereocenters. The van der Waals surface area contributed by atoms with Gasteiger partial charge in [-0.3, -0.25) is 4.79 Å². The Kier molecular flexibility index (Phi) is 4.39. The molecule has 14 heavy (non-hydrogen) atoms. The summed E-state index contributed by atoms with van der Waals surface area (Å²) in [5, 5.41) is 9.12. The third-order valence-corrected chi connectivity index (χ3v) is 3.21. The van der Waals surface area contributed by atoms with E-state index in [-0.39, 0.29) is 24.5 Å². The van der Waals surface area contributed by atoms with Crippen LogP contribution in [-0.4, -0.2) is 35.1 Å². The van der Waals surface area contributed by atoms with Gasteiger partial charge in [-0.05, 0) is 25.7 Å². The largest absolute Gasteiger partial charge is 0.394 e. The van der Waals surface area contributed by atoms with Crippen LogP contribution in [0.1, 0.15) is 39.5 Å². The lowest BCUT2D eigenvalue weighted by atomic mass is 10.0. The lowest BCUT2D eigenvalue weighted by Crippen LogP contribution is -2.41. The highest BCUT2D eigenvalue weighted by molar-refractivity contribution is 5.79. The van der Waals surface area contributed by atoms with Crippen molar-refractivity contribution in [3.8, 4) is 0 Å². The van der Waals surface area contributed by atoms with Crippen molar-refractivity contribution in [1.29, 1.82) is 0 Å². The van der Waals surface area contributed by atoms with Gasteiger partial charge in [0.15, 0.2) is 0 Å². The monoisotopic (exact) mass is 199 g/mol. The second-order valence-electron chi connectivity index (χ2n) is 4.02. The van der Waals surface area contributed by atoms with Crippen LogP contribution in [-0.2, 0) is 4.79 Å². The van der Waals surface area contributed by atoms with E-state index in [9.17, 15) is 4.79 Å². The molecule has 1 aliphatic heterocycles. The topological polar surface area (TPSA) is 40.5 Å². The lowest BCUT2D eigenvalue weighted by molar-refractivity contribution is -0.137. The zero-order valence-electron chi connectivity index (χ0n) is 9.20. The number of carbonyl (C=O) groups is 1. The number of amides is 1. The lowest BCUT2D eigenvalue weighted by Gasteiger charge is -2.26. The maximum Gasteiger partial charge on any atom is 0.225 e. The molecule has 0 spiro atoms. The van der Waals surface area contributed by atoms with E-state index in [0.717, 1.165) is 32.2 Å². The summed E-state index contributed by atoms with van der Waals surface area (Å²) < 4.78 is 0. The van der Waals surface area contributed by atoms with Crippen molar-refractivity contribution in [3.63, 3.8) is 0 Å². The smallest absolute Gasteiger partial charge is 0.225 e. The Balaban J connectivity index is 2.58. The van der Waals surface area contributed by atoms with Crippen LogP contribution in [0.25, 0.3) is 0 Å². The van der Waals surface area contributed by atoms with Gasteiger partial charge in [0.05, 0.1) is 12.6 Å². The zero-order valence-corrected chi connectivity index (χ0v) is 9.20. The van der Waals surface area contributed by atoms with Gasteiger partial charge in [-0.2, -0.15) is 0 Å². The number of hydrogen-bond acceptors (Lipinski definition) is 2. The van der Waals surface area contributed by atoms with E-state index in [1.54, 1.807) is 0 Å². The second-order valence-corrected chi connectivity index (χ2v) is 4.02. The fraction of sp³-hybridized carbons (Fsp3) is 0.909. The van der Waals surface area contributed by atoms with Gasteiger partial charge in [0.1, 0.15) is 0 Å². The van der Waals surface area contributed by atoms with E-state index in [2.05, 4.69) is 13.8 Å². The number of rotatable bonds is 4. The highest BCUT2D eigenvalue weighted by atomic mass is 16.3. The van der Waals surface area contributed by atoms with Crippen molar-refractivity contribution in [2.24, 2.45) is 5.92 Å². The van der Waals surface area contributed by atoms with Gasteiger partial charge in [-0.25, -0.2) is 0 Å². The van der Waals surface area contributed by atoms with Crippen LogP contribution in [0.15, 0.2) is 0 Å². The first kappa shape index (κ1) is 11.5. The second kappa shape index (κ2) is 5.35. The molecule has 0 aliphatic carbocycles. The molecule has 0 unspecified atom stereocenters. The molecule has 0 aromatic rings. The van der Waals surface area contributed by atoms with Crippen LogP contribution >= 0.6 is 0 Å². The number of hydrogen-bond donors (Lipinski definition) is 1. The van der Waals surface area contributed by atoms with Gasteiger partial charge in [0.2, 0.25) is 5.91 Å². The van der Waals surface area contributed by atoms with Crippen molar-refractivity contribution in [2.45, 2.75) is 45.6 Å². The minimum absolute atomic E-state index is 0.0862. The van der Waals surface area contributed by atoms with Gasteiger partial charge >= 0.3 is 0 Å². The fourth-order valence-corrected chi connectivity index (χ4v) is 2.19. The van der Waals surface area contributed by atoms with Crippen molar-refractivity contribution in [1.82, 2.24) is 4.90 Å². The molecule has 1 aliphatic rings. The molecule has 3 heteroatoms. The van der Waals surface area contributed by atoms with E-state index >= 15 is 0 Å². The summed E-state index contributed by atoms with van der Waals surface area (Å²) in [6, 6.07) is 0.0862. The molecule has 0 radical (unpaired) electrons. The molecule has 1 amide bonds. The third kappa shape index (κ3) is 2.27. The zero-order chi connectivity index (χ0) is 10.6. The molecule has 1 fully saturated rings. The summed E-state index contributed by atoms with van der Waals surface area (Å²) in [5.74, 6) is 0.397. The van der Waals surface area contributed by atoms with E-state index in [0.29, 0.717) is 0 Å². The highest BCUT2D eigenvalue weighted by Crippen LogP contribution is 2.21. The number of nitrogens with zero attached hydrogens (tertiary/aromatic N) is 1. The Hall–Kier alpha value is -0.570. The Bertz CT molecular complexity index is 190. The Morgan fingerprint density at radius 1 is 1.50 bits per heavy atom. The molecule has 0 saturated carbocycles. The maximum absolute atomic E-state index is 12.0. The van der Waals surface area contributed by atoms with Crippen LogP contribution in [0.5, 0.6) is 0 Å². The van der Waals surface area contributed by atoms with Crippen LogP contribution in [0.4, 0.5) is 0 Å². The standard InChI is InChI=1S/C11H21NO2/c1-3-9(4-2)11(14)12-7-5-6-10(12)8-13/h9-10,13H,3-8H2,1-2H3/t10-/m1/s1. The van der Waals surface area contributed by atoms with E-state index in [4.69, 9.17) is 5.11 Å². The average Bonchev–Trinajstić information content (AvgIpc) is 2.67. The molecular formula is C11H21NO2. The van der Waals surface area contributed by atoms with Crippen molar-refractivity contribution >= 4 is 5.91 Å². The molecule has 1 rings (SSSR count). The van der Waals surface area contributed by atoms with E-state index in [1.807, 2.05) is 4.90 Å². The quantitative estimate of drug-likeness (QED) is 0.743. The molecule has 3 nitrogen and oxygen atoms in total. The molecule has 0 aromatic carbocycles. The van der Waals surface area contributed by atoms with Crippen LogP contribution in [0, 0.1) is 5.92 Å². The Labute approximate surface area is 86.1 Å². The minimum atomic E-state index is 0.0862. The molecule has 1 saturated heterocycles. The highest BCUT2D eigenvalue weighted by Gasteiger charge is 2.30. The third-order valence-electron chi connectivity index (χ3n) is 3.21. The first-order valence-electron chi connectivity index (χ1n) is 5.65. The van der Waals surface area contributed by atoms with Crippen molar-refractivity contribution < 1.29 is 9.90 Å². The molecule has 1 N–H and O–H groups in total. The van der Waals surface area contributed by atoms with Gasteiger partial charge in [-0.1, -0.05) is 13.8 Å². The first-order valence-corrected chi connectivity index (χ1v) is 5.65. The summed E-state index contributed by atoms with van der Waals surface area (Å²) in [6.45, 7) is 5.05. The summed E-state index contributed by atoms with van der Waals surface area (Å²) in [4.78, 5) is 13.9. The number of carbonyl (C=O) groups excluding carboxylic acids is 1. The summed E-state index contributed by atoms with van der Waals surface area (Å²) in [7, 11) is 0. The van der Waals surface area contributed by atoms with E-state index < -0.39 is 0 Å². The Morgan fingerprint density at radius 3 is 2.64 bits per heavy atom. The van der Waals surface area contributed by atoms with E-state index in [1.165, 1.54) is 0 Å². The number of aliphatic hydroxyl groups excluding tert-OH is 1. The number of aliphatic hydroxyl groups is 1. The van der Waals surface area contributed by atoms with Gasteiger partial charge in [0.25, 0.3) is 0 Å². The number of likely N-dealkylation sites (tertiary alicyclic amines) is 1. The maximum atomic E-state index is 12.0. The fourth-order valence-electron chi connectivity index (χ4n) is 2.19. The molecule has 0 bridgehead atoms. The normalized spacial score (nSPS) is 22.0. The van der Waals surface area contributed by atoms with Crippen LogP contribution in [0.3, 0.4) is 0 Å². The molecular weight excluding hydrogens is 178 g/mol. The van der Waals surface area contributed by atoms with Gasteiger partial charge < -0.3 is 10.0 Å². The van der Waals surface area contributed by atoms with Gasteiger partial charge in [0, 0.05) is 12.5 Å². The van der Waals surface area contributed by atoms with Crippen molar-refractivity contribution in [2.75, 3.05) is 13.2 Å². The summed E-state index contributed by atoms with van der Waals surface area (Å²) in [5.41, 5.74) is 0. The summed E-state index contributed by atoms with van der Waals surface area (Å²) >= 11 is 0. The molecule has 82 valence electrons. The predicted molar refractivity (Wildman–Crippen MR) is 55.9 cm³/mol. The van der Waals surface area contributed by atoms with Crippen LogP contribution in [0.2, 0.25) is 0 Å². The summed E-state index contributed by atoms with van der Waals surface area (Å²) in [6.07, 6.45) is 3.81. The molecule has 0 aromatic heterocycles. The Morgan fingerprint density at radius 2 is 2.14 bits per heavy atom. The minimum Gasteiger partial charge on any atom is -0.394 e. The molecule has 1 heterocycles.